The standard InChI is InChI=1S/C22H19Cl2NO2S/c1-26-17-9-6-15(7-10-17)13-25-22(28)18-4-2-3-5-21(18)27-14-16-8-11-19(23)20(24)12-16/h2-12H,13-14H2,1H3,(H,25,28). The van der Waals surface area contributed by atoms with Gasteiger partial charge in [0.25, 0.3) is 0 Å². The average Bonchev–Trinajstić information content (AvgIpc) is 2.73. The van der Waals surface area contributed by atoms with Crippen molar-refractivity contribution in [1.29, 1.82) is 0 Å². The van der Waals surface area contributed by atoms with E-state index < -0.39 is 0 Å². The Morgan fingerprint density at radius 2 is 1.64 bits per heavy atom. The van der Waals surface area contributed by atoms with E-state index in [0.29, 0.717) is 33.9 Å². The van der Waals surface area contributed by atoms with E-state index in [1.807, 2.05) is 54.6 Å². The van der Waals surface area contributed by atoms with Gasteiger partial charge < -0.3 is 14.8 Å². The van der Waals surface area contributed by atoms with Gasteiger partial charge >= 0.3 is 0 Å². The monoisotopic (exact) mass is 431 g/mol. The minimum atomic E-state index is 0.370. The third-order valence-corrected chi connectivity index (χ3v) is 5.23. The molecule has 28 heavy (non-hydrogen) atoms. The Labute approximate surface area is 180 Å². The van der Waals surface area contributed by atoms with Crippen molar-refractivity contribution in [2.24, 2.45) is 0 Å². The number of hydrogen-bond acceptors (Lipinski definition) is 3. The lowest BCUT2D eigenvalue weighted by atomic mass is 10.1. The van der Waals surface area contributed by atoms with Crippen molar-refractivity contribution in [1.82, 2.24) is 5.32 Å². The maximum Gasteiger partial charge on any atom is 0.129 e. The summed E-state index contributed by atoms with van der Waals surface area (Å²) in [6.45, 7) is 0.985. The van der Waals surface area contributed by atoms with Gasteiger partial charge in [-0.1, -0.05) is 65.8 Å². The number of ether oxygens (including phenoxy) is 2. The van der Waals surface area contributed by atoms with E-state index in [1.165, 1.54) is 0 Å². The van der Waals surface area contributed by atoms with Crippen LogP contribution in [-0.2, 0) is 13.2 Å². The molecule has 6 heteroatoms. The summed E-state index contributed by atoms with van der Waals surface area (Å²) < 4.78 is 11.2. The predicted octanol–water partition coefficient (Wildman–Crippen LogP) is 6.05. The molecule has 0 bridgehead atoms. The lowest BCUT2D eigenvalue weighted by Crippen LogP contribution is -2.22. The maximum atomic E-state index is 6.07. The van der Waals surface area contributed by atoms with Crippen molar-refractivity contribution in [2.45, 2.75) is 13.2 Å². The highest BCUT2D eigenvalue weighted by atomic mass is 35.5. The summed E-state index contributed by atoms with van der Waals surface area (Å²) in [5.74, 6) is 1.54. The molecule has 3 aromatic rings. The number of benzene rings is 3. The smallest absolute Gasteiger partial charge is 0.129 e. The Kier molecular flexibility index (Phi) is 7.15. The van der Waals surface area contributed by atoms with Gasteiger partial charge in [0, 0.05) is 6.54 Å². The minimum Gasteiger partial charge on any atom is -0.497 e. The molecule has 0 unspecified atom stereocenters. The van der Waals surface area contributed by atoms with E-state index in [2.05, 4.69) is 5.32 Å². The fourth-order valence-corrected chi connectivity index (χ4v) is 3.15. The molecular weight excluding hydrogens is 413 g/mol. The number of nitrogens with one attached hydrogen (secondary N) is 1. The lowest BCUT2D eigenvalue weighted by molar-refractivity contribution is 0.305. The molecule has 0 aliphatic heterocycles. The fraction of sp³-hybridized carbons (Fsp3) is 0.136. The van der Waals surface area contributed by atoms with Crippen LogP contribution in [0.15, 0.2) is 66.7 Å². The highest BCUT2D eigenvalue weighted by Crippen LogP contribution is 2.25. The topological polar surface area (TPSA) is 30.5 Å². The van der Waals surface area contributed by atoms with Crippen molar-refractivity contribution in [3.8, 4) is 11.5 Å². The van der Waals surface area contributed by atoms with Crippen molar-refractivity contribution in [3.63, 3.8) is 0 Å². The Bertz CT molecular complexity index is 961. The Hall–Kier alpha value is -2.27. The quantitative estimate of drug-likeness (QED) is 0.461. The lowest BCUT2D eigenvalue weighted by Gasteiger charge is -2.14. The van der Waals surface area contributed by atoms with Gasteiger partial charge in [0.05, 0.1) is 22.7 Å². The zero-order chi connectivity index (χ0) is 19.9. The normalized spacial score (nSPS) is 10.4. The second-order valence-corrected chi connectivity index (χ2v) is 7.29. The zero-order valence-corrected chi connectivity index (χ0v) is 17.6. The summed E-state index contributed by atoms with van der Waals surface area (Å²) in [6, 6.07) is 21.0. The summed E-state index contributed by atoms with van der Waals surface area (Å²) in [5.41, 5.74) is 2.88. The van der Waals surface area contributed by atoms with Crippen LogP contribution in [0.3, 0.4) is 0 Å². The van der Waals surface area contributed by atoms with Crippen LogP contribution in [0.1, 0.15) is 16.7 Å². The highest BCUT2D eigenvalue weighted by Gasteiger charge is 2.09. The molecule has 0 atom stereocenters. The molecule has 3 rings (SSSR count). The summed E-state index contributed by atoms with van der Waals surface area (Å²) in [7, 11) is 1.65. The summed E-state index contributed by atoms with van der Waals surface area (Å²) in [6.07, 6.45) is 0. The van der Waals surface area contributed by atoms with E-state index in [9.17, 15) is 0 Å². The molecule has 0 aliphatic carbocycles. The van der Waals surface area contributed by atoms with Crippen LogP contribution >= 0.6 is 35.4 Å². The molecule has 0 amide bonds. The highest BCUT2D eigenvalue weighted by molar-refractivity contribution is 7.80. The van der Waals surface area contributed by atoms with Crippen LogP contribution in [0.5, 0.6) is 11.5 Å². The first-order valence-corrected chi connectivity index (χ1v) is 9.80. The number of rotatable bonds is 7. The molecule has 0 aliphatic rings. The van der Waals surface area contributed by atoms with Crippen LogP contribution in [-0.4, -0.2) is 12.1 Å². The van der Waals surface area contributed by atoms with Gasteiger partial charge in [-0.3, -0.25) is 0 Å². The first-order chi connectivity index (χ1) is 13.6. The van der Waals surface area contributed by atoms with Crippen LogP contribution in [0, 0.1) is 0 Å². The molecule has 0 aromatic heterocycles. The van der Waals surface area contributed by atoms with E-state index in [0.717, 1.165) is 22.4 Å². The van der Waals surface area contributed by atoms with Crippen molar-refractivity contribution < 1.29 is 9.47 Å². The Morgan fingerprint density at radius 3 is 2.36 bits per heavy atom. The molecule has 0 saturated carbocycles. The zero-order valence-electron chi connectivity index (χ0n) is 15.2. The first kappa shape index (κ1) is 20.5. The number of halogens is 2. The molecule has 0 heterocycles. The minimum absolute atomic E-state index is 0.370. The Balaban J connectivity index is 1.64. The van der Waals surface area contributed by atoms with Gasteiger partial charge in [-0.25, -0.2) is 0 Å². The predicted molar refractivity (Wildman–Crippen MR) is 119 cm³/mol. The molecule has 0 saturated heterocycles. The second kappa shape index (κ2) is 9.78. The molecule has 1 N–H and O–H groups in total. The molecule has 0 radical (unpaired) electrons. The summed E-state index contributed by atoms with van der Waals surface area (Å²) in [4.78, 5) is 0.626. The van der Waals surface area contributed by atoms with E-state index >= 15 is 0 Å². The maximum absolute atomic E-state index is 6.07. The van der Waals surface area contributed by atoms with E-state index in [-0.39, 0.29) is 0 Å². The molecule has 3 aromatic carbocycles. The summed E-state index contributed by atoms with van der Waals surface area (Å²) in [5, 5.41) is 4.31. The molecule has 144 valence electrons. The second-order valence-electron chi connectivity index (χ2n) is 6.06. The Morgan fingerprint density at radius 1 is 0.929 bits per heavy atom. The van der Waals surface area contributed by atoms with E-state index in [1.54, 1.807) is 19.2 Å². The van der Waals surface area contributed by atoms with Crippen molar-refractivity contribution in [3.05, 3.63) is 93.5 Å². The van der Waals surface area contributed by atoms with Crippen molar-refractivity contribution >= 4 is 40.4 Å². The molecule has 0 spiro atoms. The molecule has 0 fully saturated rings. The SMILES string of the molecule is COc1ccc(CNC(=S)c2ccccc2OCc2ccc(Cl)c(Cl)c2)cc1. The van der Waals surface area contributed by atoms with Crippen LogP contribution < -0.4 is 14.8 Å². The molecular formula is C22H19Cl2NO2S. The number of thiocarbonyl (C=S) groups is 1. The van der Waals surface area contributed by atoms with Gasteiger partial charge in [0.15, 0.2) is 0 Å². The first-order valence-electron chi connectivity index (χ1n) is 8.63. The van der Waals surface area contributed by atoms with Crippen LogP contribution in [0.2, 0.25) is 10.0 Å². The fourth-order valence-electron chi connectivity index (χ4n) is 2.59. The largest absolute Gasteiger partial charge is 0.497 e. The number of para-hydroxylation sites is 1. The van der Waals surface area contributed by atoms with E-state index in [4.69, 9.17) is 44.9 Å². The van der Waals surface area contributed by atoms with Gasteiger partial charge in [-0.05, 0) is 47.5 Å². The van der Waals surface area contributed by atoms with Gasteiger partial charge in [0.1, 0.15) is 23.1 Å². The van der Waals surface area contributed by atoms with Gasteiger partial charge in [0.2, 0.25) is 0 Å². The molecule has 3 nitrogen and oxygen atoms in total. The number of methoxy groups -OCH3 is 1. The summed E-state index contributed by atoms with van der Waals surface area (Å²) >= 11 is 17.6. The number of hydrogen-bond donors (Lipinski definition) is 1. The third kappa shape index (κ3) is 5.38. The van der Waals surface area contributed by atoms with Gasteiger partial charge in [-0.15, -0.1) is 0 Å². The third-order valence-electron chi connectivity index (χ3n) is 4.12. The van der Waals surface area contributed by atoms with Gasteiger partial charge in [-0.2, -0.15) is 0 Å². The average molecular weight is 432 g/mol. The van der Waals surface area contributed by atoms with Crippen LogP contribution in [0.25, 0.3) is 0 Å². The van der Waals surface area contributed by atoms with Crippen molar-refractivity contribution in [2.75, 3.05) is 7.11 Å². The van der Waals surface area contributed by atoms with Crippen LogP contribution in [0.4, 0.5) is 0 Å².